The maximum absolute atomic E-state index is 15.2. The Morgan fingerprint density at radius 3 is 2.32 bits per heavy atom. The summed E-state index contributed by atoms with van der Waals surface area (Å²) in [4.78, 5) is 60.0. The van der Waals surface area contributed by atoms with Gasteiger partial charge in [-0.05, 0) is 79.6 Å². The molecule has 2 heterocycles. The molecule has 3 aliphatic carbocycles. The number of methoxy groups -OCH3 is 1. The topological polar surface area (TPSA) is 116 Å². The number of rotatable bonds is 6. The molecule has 2 N–H and O–H groups in total. The summed E-state index contributed by atoms with van der Waals surface area (Å²) in [5, 5.41) is 12.0. The van der Waals surface area contributed by atoms with Gasteiger partial charge in [0.1, 0.15) is 17.3 Å². The van der Waals surface area contributed by atoms with E-state index in [9.17, 15) is 23.9 Å². The lowest BCUT2D eigenvalue weighted by Gasteiger charge is -2.50. The number of phenolic OH excluding ortho intramolecular Hbond substituents is 1. The van der Waals surface area contributed by atoms with Crippen molar-refractivity contribution in [3.63, 3.8) is 0 Å². The first-order valence-corrected chi connectivity index (χ1v) is 17.6. The maximum Gasteiger partial charge on any atom is 0.260 e. The minimum absolute atomic E-state index is 0.0409. The molecule has 4 amide bonds. The molecule has 4 fully saturated rings. The molecule has 0 bridgehead atoms. The number of likely N-dealkylation sites (tertiary alicyclic amines) is 1. The number of phenols is 1. The third kappa shape index (κ3) is 4.78. The first kappa shape index (κ1) is 32.5. The van der Waals surface area contributed by atoms with Crippen molar-refractivity contribution in [3.05, 3.63) is 100 Å². The quantitative estimate of drug-likeness (QED) is 0.223. The standard InChI is InChI=1S/C39H37ClFN3O6/c1-50-32-19-26(45)15-16-28(32)34-27-17-18-29-33(37(48)43(35(29)46)25-5-3-2-4-6-25)30(27)20-31-36(47)44(42-24-13-11-23(41)12-14-24)38(49)39(31,34)21-7-9-22(40)10-8-21/h7-17,19,25,29-31,33-34,42,45H,2-6,18,20H2,1H3. The summed E-state index contributed by atoms with van der Waals surface area (Å²) >= 11 is 6.36. The molecule has 0 aromatic heterocycles. The van der Waals surface area contributed by atoms with Gasteiger partial charge in [0.15, 0.2) is 0 Å². The van der Waals surface area contributed by atoms with Crippen LogP contribution in [-0.4, -0.2) is 51.8 Å². The van der Waals surface area contributed by atoms with Gasteiger partial charge in [-0.25, -0.2) is 4.39 Å². The molecular weight excluding hydrogens is 661 g/mol. The van der Waals surface area contributed by atoms with Crippen molar-refractivity contribution in [3.8, 4) is 11.5 Å². The number of aromatic hydroxyl groups is 1. The number of hydrogen-bond acceptors (Lipinski definition) is 7. The van der Waals surface area contributed by atoms with Gasteiger partial charge in [-0.15, -0.1) is 0 Å². The van der Waals surface area contributed by atoms with Crippen LogP contribution in [0, 0.1) is 29.5 Å². The molecule has 258 valence electrons. The van der Waals surface area contributed by atoms with Gasteiger partial charge in [-0.3, -0.25) is 29.5 Å². The molecule has 6 atom stereocenters. The largest absolute Gasteiger partial charge is 0.508 e. The molecule has 3 aromatic carbocycles. The van der Waals surface area contributed by atoms with Crippen LogP contribution in [0.5, 0.6) is 11.5 Å². The van der Waals surface area contributed by atoms with Gasteiger partial charge in [0.05, 0.1) is 36.0 Å². The van der Waals surface area contributed by atoms with E-state index in [-0.39, 0.29) is 30.0 Å². The van der Waals surface area contributed by atoms with Crippen molar-refractivity contribution in [1.29, 1.82) is 0 Å². The third-order valence-electron chi connectivity index (χ3n) is 11.8. The van der Waals surface area contributed by atoms with Crippen LogP contribution in [0.1, 0.15) is 62.0 Å². The second kappa shape index (κ2) is 12.3. The first-order chi connectivity index (χ1) is 24.1. The third-order valence-corrected chi connectivity index (χ3v) is 12.0. The zero-order valence-corrected chi connectivity index (χ0v) is 28.2. The van der Waals surface area contributed by atoms with Crippen molar-refractivity contribution < 1.29 is 33.4 Å². The van der Waals surface area contributed by atoms with Crippen molar-refractivity contribution in [2.75, 3.05) is 12.5 Å². The van der Waals surface area contributed by atoms with Crippen LogP contribution in [-0.2, 0) is 24.6 Å². The van der Waals surface area contributed by atoms with E-state index < -0.39 is 52.6 Å². The van der Waals surface area contributed by atoms with Gasteiger partial charge < -0.3 is 9.84 Å². The van der Waals surface area contributed by atoms with E-state index >= 15 is 4.79 Å². The number of nitrogens with one attached hydrogen (secondary N) is 1. The van der Waals surface area contributed by atoms with Crippen LogP contribution >= 0.6 is 11.6 Å². The Morgan fingerprint density at radius 2 is 1.62 bits per heavy atom. The molecule has 2 saturated carbocycles. The lowest BCUT2D eigenvalue weighted by atomic mass is 9.49. The van der Waals surface area contributed by atoms with Crippen LogP contribution in [0.25, 0.3) is 0 Å². The zero-order chi connectivity index (χ0) is 34.9. The van der Waals surface area contributed by atoms with Crippen LogP contribution in [0.3, 0.4) is 0 Å². The predicted molar refractivity (Wildman–Crippen MR) is 182 cm³/mol. The number of halogens is 2. The molecule has 3 aromatic rings. The number of hydrogen-bond donors (Lipinski definition) is 2. The summed E-state index contributed by atoms with van der Waals surface area (Å²) in [6.45, 7) is 0. The fourth-order valence-corrected chi connectivity index (χ4v) is 9.79. The SMILES string of the molecule is COc1cc(O)ccc1C1C2=CCC3C(=O)N(C4CCCCC4)C(=O)C3C2CC2C(=O)N(Nc3ccc(F)cc3)C(=O)C21c1ccc(Cl)cc1. The van der Waals surface area contributed by atoms with Crippen molar-refractivity contribution in [1.82, 2.24) is 9.91 Å². The normalized spacial score (nSPS) is 29.4. The second-order valence-electron chi connectivity index (χ2n) is 14.1. The molecule has 2 saturated heterocycles. The lowest BCUT2D eigenvalue weighted by Crippen LogP contribution is -2.53. The number of allylic oxidation sites excluding steroid dienone is 2. The highest BCUT2D eigenvalue weighted by atomic mass is 35.5. The Kier molecular flexibility index (Phi) is 7.97. The summed E-state index contributed by atoms with van der Waals surface area (Å²) in [5.41, 5.74) is 3.66. The van der Waals surface area contributed by atoms with E-state index in [4.69, 9.17) is 16.3 Å². The average Bonchev–Trinajstić information content (AvgIpc) is 3.50. The van der Waals surface area contributed by atoms with Gasteiger partial charge in [0, 0.05) is 28.6 Å². The predicted octanol–water partition coefficient (Wildman–Crippen LogP) is 6.51. The number of carbonyl (C=O) groups is 4. The monoisotopic (exact) mass is 697 g/mol. The first-order valence-electron chi connectivity index (χ1n) is 17.3. The molecule has 8 rings (SSSR count). The number of benzene rings is 3. The Balaban J connectivity index is 1.33. The average molecular weight is 698 g/mol. The molecule has 6 unspecified atom stereocenters. The highest BCUT2D eigenvalue weighted by molar-refractivity contribution is 6.30. The number of fused-ring (bicyclic) bond motifs is 4. The Hall–Kier alpha value is -4.70. The Morgan fingerprint density at radius 1 is 0.900 bits per heavy atom. The van der Waals surface area contributed by atoms with Gasteiger partial charge >= 0.3 is 0 Å². The summed E-state index contributed by atoms with van der Waals surface area (Å²) in [6, 6.07) is 16.8. The highest BCUT2D eigenvalue weighted by Crippen LogP contribution is 2.65. The van der Waals surface area contributed by atoms with E-state index in [1.54, 1.807) is 30.3 Å². The number of imide groups is 2. The lowest BCUT2D eigenvalue weighted by molar-refractivity contribution is -0.144. The minimum Gasteiger partial charge on any atom is -0.508 e. The fraction of sp³-hybridized carbons (Fsp3) is 0.385. The van der Waals surface area contributed by atoms with E-state index in [0.717, 1.165) is 42.7 Å². The molecule has 11 heteroatoms. The Labute approximate surface area is 294 Å². The van der Waals surface area contributed by atoms with Gasteiger partial charge in [0.25, 0.3) is 11.8 Å². The molecule has 9 nitrogen and oxygen atoms in total. The maximum atomic E-state index is 15.2. The van der Waals surface area contributed by atoms with E-state index in [1.165, 1.54) is 48.4 Å². The van der Waals surface area contributed by atoms with Crippen LogP contribution in [0.15, 0.2) is 78.4 Å². The molecule has 50 heavy (non-hydrogen) atoms. The van der Waals surface area contributed by atoms with Crippen LogP contribution in [0.2, 0.25) is 5.02 Å². The van der Waals surface area contributed by atoms with Crippen molar-refractivity contribution in [2.24, 2.45) is 23.7 Å². The zero-order valence-electron chi connectivity index (χ0n) is 27.5. The summed E-state index contributed by atoms with van der Waals surface area (Å²) in [6.07, 6.45) is 7.05. The number of nitrogens with zero attached hydrogens (tertiary/aromatic N) is 2. The van der Waals surface area contributed by atoms with Gasteiger partial charge in [-0.1, -0.05) is 60.7 Å². The fourth-order valence-electron chi connectivity index (χ4n) is 9.66. The molecular formula is C39H37ClFN3O6. The molecule has 0 spiro atoms. The highest BCUT2D eigenvalue weighted by Gasteiger charge is 2.70. The van der Waals surface area contributed by atoms with Gasteiger partial charge in [0.2, 0.25) is 11.8 Å². The molecule has 0 radical (unpaired) electrons. The number of carbonyl (C=O) groups excluding carboxylic acids is 4. The van der Waals surface area contributed by atoms with Crippen molar-refractivity contribution >= 4 is 40.9 Å². The number of ether oxygens (including phenoxy) is 1. The van der Waals surface area contributed by atoms with Crippen LogP contribution in [0.4, 0.5) is 10.1 Å². The number of anilines is 1. The number of amides is 4. The molecule has 2 aliphatic heterocycles. The Bertz CT molecular complexity index is 1930. The van der Waals surface area contributed by atoms with Crippen molar-refractivity contribution in [2.45, 2.75) is 62.3 Å². The van der Waals surface area contributed by atoms with E-state index in [2.05, 4.69) is 5.43 Å². The smallest absolute Gasteiger partial charge is 0.260 e. The van der Waals surface area contributed by atoms with E-state index in [0.29, 0.717) is 34.0 Å². The summed E-state index contributed by atoms with van der Waals surface area (Å²) in [5.74, 6) is -5.12. The summed E-state index contributed by atoms with van der Waals surface area (Å²) < 4.78 is 19.7. The van der Waals surface area contributed by atoms with Gasteiger partial charge in [-0.2, -0.15) is 5.01 Å². The summed E-state index contributed by atoms with van der Waals surface area (Å²) in [7, 11) is 1.47. The number of hydrazine groups is 1. The van der Waals surface area contributed by atoms with E-state index in [1.807, 2.05) is 6.08 Å². The molecule has 5 aliphatic rings. The minimum atomic E-state index is -1.54. The second-order valence-corrected chi connectivity index (χ2v) is 14.6. The van der Waals surface area contributed by atoms with Crippen LogP contribution < -0.4 is 10.2 Å².